The molecule has 0 amide bonds. The molecular weight excluding hydrogens is 355 g/mol. The molecule has 136 valence electrons. The molecule has 0 radical (unpaired) electrons. The smallest absolute Gasteiger partial charge is 0.271 e. The van der Waals surface area contributed by atoms with Crippen LogP contribution < -0.4 is 0 Å². The minimum atomic E-state index is -3.81. The SMILES string of the molecule is CN1CC=C(c2cn(S(=O)(=O)c3cnn(C)c3)c3ccc(F)cc23)CC1. The second-order valence-corrected chi connectivity index (χ2v) is 8.41. The Morgan fingerprint density at radius 2 is 2.00 bits per heavy atom. The summed E-state index contributed by atoms with van der Waals surface area (Å²) in [5.41, 5.74) is 2.27. The molecule has 8 heteroatoms. The molecule has 6 nitrogen and oxygen atoms in total. The monoisotopic (exact) mass is 374 g/mol. The largest absolute Gasteiger partial charge is 0.302 e. The average molecular weight is 374 g/mol. The molecule has 1 aliphatic rings. The molecule has 0 saturated carbocycles. The summed E-state index contributed by atoms with van der Waals surface area (Å²) in [6.45, 7) is 1.66. The zero-order chi connectivity index (χ0) is 18.5. The van der Waals surface area contributed by atoms with E-state index in [0.29, 0.717) is 10.9 Å². The van der Waals surface area contributed by atoms with Crippen molar-refractivity contribution in [2.45, 2.75) is 11.3 Å². The lowest BCUT2D eigenvalue weighted by Gasteiger charge is -2.21. The van der Waals surface area contributed by atoms with Crippen LogP contribution in [0.25, 0.3) is 16.5 Å². The molecule has 0 saturated heterocycles. The van der Waals surface area contributed by atoms with Crippen molar-refractivity contribution >= 4 is 26.5 Å². The predicted octanol–water partition coefficient (Wildman–Crippen LogP) is 2.47. The lowest BCUT2D eigenvalue weighted by molar-refractivity contribution is 0.370. The van der Waals surface area contributed by atoms with Crippen LogP contribution in [0.5, 0.6) is 0 Å². The Morgan fingerprint density at radius 1 is 1.19 bits per heavy atom. The van der Waals surface area contributed by atoms with Crippen LogP contribution in [0.2, 0.25) is 0 Å². The van der Waals surface area contributed by atoms with Gasteiger partial charge in [-0.05, 0) is 37.2 Å². The maximum absolute atomic E-state index is 13.9. The van der Waals surface area contributed by atoms with Gasteiger partial charge < -0.3 is 4.90 Å². The van der Waals surface area contributed by atoms with Crippen molar-refractivity contribution in [1.29, 1.82) is 0 Å². The van der Waals surface area contributed by atoms with E-state index in [0.717, 1.165) is 30.6 Å². The Balaban J connectivity index is 1.94. The number of nitrogens with zero attached hydrogens (tertiary/aromatic N) is 4. The average Bonchev–Trinajstić information content (AvgIpc) is 3.20. The molecular formula is C18H19FN4O2S. The van der Waals surface area contributed by atoms with Crippen molar-refractivity contribution in [2.75, 3.05) is 20.1 Å². The first-order valence-electron chi connectivity index (χ1n) is 8.29. The van der Waals surface area contributed by atoms with Crippen LogP contribution in [0.15, 0.2) is 47.8 Å². The maximum Gasteiger partial charge on any atom is 0.271 e. The zero-order valence-electron chi connectivity index (χ0n) is 14.6. The van der Waals surface area contributed by atoms with E-state index in [1.807, 2.05) is 7.05 Å². The highest BCUT2D eigenvalue weighted by atomic mass is 32.2. The molecule has 0 atom stereocenters. The van der Waals surface area contributed by atoms with Crippen LogP contribution in [-0.4, -0.2) is 47.2 Å². The molecule has 1 aromatic carbocycles. The number of aryl methyl sites for hydroxylation is 1. The van der Waals surface area contributed by atoms with Gasteiger partial charge in [-0.1, -0.05) is 6.08 Å². The van der Waals surface area contributed by atoms with Crippen molar-refractivity contribution in [3.05, 3.63) is 54.2 Å². The summed E-state index contributed by atoms with van der Waals surface area (Å²) in [6, 6.07) is 4.20. The van der Waals surface area contributed by atoms with Crippen molar-refractivity contribution in [3.8, 4) is 0 Å². The van der Waals surface area contributed by atoms with Gasteiger partial charge in [0.15, 0.2) is 0 Å². The molecule has 0 fully saturated rings. The maximum atomic E-state index is 13.9. The number of halogens is 1. The number of hydrogen-bond donors (Lipinski definition) is 0. The Hall–Kier alpha value is -2.45. The first-order valence-corrected chi connectivity index (χ1v) is 9.73. The van der Waals surface area contributed by atoms with Gasteiger partial charge in [-0.15, -0.1) is 0 Å². The van der Waals surface area contributed by atoms with Gasteiger partial charge in [0.25, 0.3) is 10.0 Å². The normalized spacial score (nSPS) is 16.2. The van der Waals surface area contributed by atoms with Gasteiger partial charge in [0.05, 0.1) is 11.7 Å². The van der Waals surface area contributed by atoms with Gasteiger partial charge in [0.1, 0.15) is 10.7 Å². The summed E-state index contributed by atoms with van der Waals surface area (Å²) in [6.07, 6.45) is 7.24. The third-order valence-electron chi connectivity index (χ3n) is 4.73. The number of aromatic nitrogens is 3. The number of benzene rings is 1. The summed E-state index contributed by atoms with van der Waals surface area (Å²) in [4.78, 5) is 2.28. The van der Waals surface area contributed by atoms with E-state index in [9.17, 15) is 12.8 Å². The molecule has 0 N–H and O–H groups in total. The van der Waals surface area contributed by atoms with Gasteiger partial charge in [-0.25, -0.2) is 16.8 Å². The second-order valence-electron chi connectivity index (χ2n) is 6.60. The molecule has 3 aromatic rings. The van der Waals surface area contributed by atoms with Crippen LogP contribution in [0.3, 0.4) is 0 Å². The van der Waals surface area contributed by atoms with Gasteiger partial charge >= 0.3 is 0 Å². The van der Waals surface area contributed by atoms with Crippen molar-refractivity contribution < 1.29 is 12.8 Å². The van der Waals surface area contributed by atoms with E-state index < -0.39 is 10.0 Å². The fourth-order valence-corrected chi connectivity index (χ4v) is 4.64. The molecule has 3 heterocycles. The van der Waals surface area contributed by atoms with E-state index in [-0.39, 0.29) is 10.7 Å². The summed E-state index contributed by atoms with van der Waals surface area (Å²) in [7, 11) is -0.118. The summed E-state index contributed by atoms with van der Waals surface area (Å²) >= 11 is 0. The Kier molecular flexibility index (Phi) is 3.96. The Morgan fingerprint density at radius 3 is 2.65 bits per heavy atom. The number of fused-ring (bicyclic) bond motifs is 1. The highest BCUT2D eigenvalue weighted by Gasteiger charge is 2.24. The number of hydrogen-bond acceptors (Lipinski definition) is 4. The van der Waals surface area contributed by atoms with Gasteiger partial charge in [0.2, 0.25) is 0 Å². The van der Waals surface area contributed by atoms with Crippen LogP contribution in [0, 0.1) is 5.82 Å². The van der Waals surface area contributed by atoms with Gasteiger partial charge in [-0.3, -0.25) is 4.68 Å². The topological polar surface area (TPSA) is 60.1 Å². The minimum Gasteiger partial charge on any atom is -0.302 e. The van der Waals surface area contributed by atoms with Crippen LogP contribution in [0.1, 0.15) is 12.0 Å². The van der Waals surface area contributed by atoms with E-state index in [1.54, 1.807) is 13.2 Å². The summed E-state index contributed by atoms with van der Waals surface area (Å²) < 4.78 is 42.7. The van der Waals surface area contributed by atoms with Crippen molar-refractivity contribution in [1.82, 2.24) is 18.7 Å². The lowest BCUT2D eigenvalue weighted by Crippen LogP contribution is -2.23. The van der Waals surface area contributed by atoms with E-state index in [4.69, 9.17) is 0 Å². The first-order chi connectivity index (χ1) is 12.4. The number of rotatable bonds is 3. The van der Waals surface area contributed by atoms with Crippen molar-refractivity contribution in [3.63, 3.8) is 0 Å². The molecule has 4 rings (SSSR count). The predicted molar refractivity (Wildman–Crippen MR) is 97.8 cm³/mol. The molecule has 26 heavy (non-hydrogen) atoms. The third kappa shape index (κ3) is 2.75. The highest BCUT2D eigenvalue weighted by molar-refractivity contribution is 7.90. The fraction of sp³-hybridized carbons (Fsp3) is 0.278. The highest BCUT2D eigenvalue weighted by Crippen LogP contribution is 2.33. The van der Waals surface area contributed by atoms with Crippen LogP contribution >= 0.6 is 0 Å². The molecule has 0 unspecified atom stereocenters. The van der Waals surface area contributed by atoms with Crippen LogP contribution in [-0.2, 0) is 17.1 Å². The Labute approximate surface area is 151 Å². The van der Waals surface area contributed by atoms with Gasteiger partial charge in [-0.2, -0.15) is 5.10 Å². The van der Waals surface area contributed by atoms with Crippen LogP contribution in [0.4, 0.5) is 4.39 Å². The zero-order valence-corrected chi connectivity index (χ0v) is 15.4. The standard InChI is InChI=1S/C18H19FN4O2S/c1-21-7-5-13(6-8-21)17-12-23(18-4-3-14(19)9-16(17)18)26(24,25)15-10-20-22(2)11-15/h3-5,9-12H,6-8H2,1-2H3. The molecule has 2 aromatic heterocycles. The molecule has 0 bridgehead atoms. The third-order valence-corrected chi connectivity index (χ3v) is 6.36. The lowest BCUT2D eigenvalue weighted by atomic mass is 9.99. The molecule has 0 spiro atoms. The number of likely N-dealkylation sites (N-methyl/N-ethyl adjacent to an activating group) is 1. The van der Waals surface area contributed by atoms with Gasteiger partial charge in [0, 0.05) is 43.5 Å². The Bertz CT molecular complexity index is 1130. The minimum absolute atomic E-state index is 0.102. The molecule has 1 aliphatic heterocycles. The quantitative estimate of drug-likeness (QED) is 0.707. The summed E-state index contributed by atoms with van der Waals surface area (Å²) in [5.74, 6) is -0.385. The second kappa shape index (κ2) is 6.07. The van der Waals surface area contributed by atoms with E-state index in [1.165, 1.54) is 39.2 Å². The van der Waals surface area contributed by atoms with E-state index >= 15 is 0 Å². The first kappa shape index (κ1) is 17.0. The summed E-state index contributed by atoms with van der Waals surface area (Å²) in [5, 5.41) is 4.56. The van der Waals surface area contributed by atoms with E-state index in [2.05, 4.69) is 16.1 Å². The molecule has 0 aliphatic carbocycles. The fourth-order valence-electron chi connectivity index (χ4n) is 3.29. The van der Waals surface area contributed by atoms with Crippen molar-refractivity contribution in [2.24, 2.45) is 7.05 Å².